The van der Waals surface area contributed by atoms with Crippen LogP contribution in [0.25, 0.3) is 10.4 Å². The van der Waals surface area contributed by atoms with Crippen molar-refractivity contribution >= 4 is 22.2 Å². The van der Waals surface area contributed by atoms with Gasteiger partial charge in [-0.3, -0.25) is 0 Å². The molecule has 0 saturated heterocycles. The normalized spacial score (nSPS) is 12.0. The number of hydrogen-bond donors (Lipinski definition) is 1. The van der Waals surface area contributed by atoms with Crippen molar-refractivity contribution in [1.29, 1.82) is 0 Å². The molecule has 2 heterocycles. The summed E-state index contributed by atoms with van der Waals surface area (Å²) in [4.78, 5) is 10.3. The van der Waals surface area contributed by atoms with Crippen LogP contribution in [-0.4, -0.2) is 42.1 Å². The lowest BCUT2D eigenvalue weighted by molar-refractivity contribution is -0.140. The number of nitrogens with zero attached hydrogens (tertiary/aromatic N) is 3. The van der Waals surface area contributed by atoms with Gasteiger partial charge in [0.15, 0.2) is 10.8 Å². The maximum Gasteiger partial charge on any atom is 0.434 e. The first-order valence-corrected chi connectivity index (χ1v) is 13.1. The highest BCUT2D eigenvalue weighted by atomic mass is 32.1. The monoisotopic (exact) mass is 556 g/mol. The zero-order valence-corrected chi connectivity index (χ0v) is 23.3. The van der Waals surface area contributed by atoms with E-state index in [4.69, 9.17) is 9.47 Å². The molecule has 1 N–H and O–H groups in total. The van der Waals surface area contributed by atoms with Gasteiger partial charge in [0.05, 0.1) is 11.5 Å². The Labute approximate surface area is 230 Å². The largest absolute Gasteiger partial charge is 0.493 e. The van der Waals surface area contributed by atoms with Crippen molar-refractivity contribution in [3.05, 3.63) is 78.1 Å². The zero-order valence-electron chi connectivity index (χ0n) is 22.5. The molecule has 206 valence electrons. The first-order valence-electron chi connectivity index (χ1n) is 12.3. The van der Waals surface area contributed by atoms with Crippen LogP contribution in [0.15, 0.2) is 66.9 Å². The third kappa shape index (κ3) is 7.48. The Bertz CT molecular complexity index is 1400. The van der Waals surface area contributed by atoms with Crippen molar-refractivity contribution in [2.75, 3.05) is 32.6 Å². The summed E-state index contributed by atoms with van der Waals surface area (Å²) in [7, 11) is 4.00. The van der Waals surface area contributed by atoms with Crippen LogP contribution in [0.5, 0.6) is 17.4 Å². The van der Waals surface area contributed by atoms with Gasteiger partial charge in [0.25, 0.3) is 0 Å². The fourth-order valence-electron chi connectivity index (χ4n) is 4.10. The van der Waals surface area contributed by atoms with E-state index in [-0.39, 0.29) is 21.3 Å². The second-order valence-corrected chi connectivity index (χ2v) is 11.3. The molecule has 0 saturated carbocycles. The third-order valence-corrected chi connectivity index (χ3v) is 6.72. The molecule has 0 aliphatic rings. The molecule has 0 aliphatic heterocycles. The Balaban J connectivity index is 1.57. The fourth-order valence-corrected chi connectivity index (χ4v) is 5.11. The van der Waals surface area contributed by atoms with Gasteiger partial charge >= 0.3 is 6.18 Å². The van der Waals surface area contributed by atoms with E-state index in [0.29, 0.717) is 29.4 Å². The molecule has 4 aromatic rings. The summed E-state index contributed by atoms with van der Waals surface area (Å²) in [6.45, 7) is 7.41. The fraction of sp³-hybridized carbons (Fsp3) is 0.310. The number of hydrogen-bond acceptors (Lipinski definition) is 7. The first kappa shape index (κ1) is 28.4. The molecule has 10 heteroatoms. The molecule has 6 nitrogen and oxygen atoms in total. The maximum absolute atomic E-state index is 14.0. The molecule has 0 spiro atoms. The maximum atomic E-state index is 14.0. The Morgan fingerprint density at radius 1 is 0.974 bits per heavy atom. The lowest BCUT2D eigenvalue weighted by Crippen LogP contribution is -2.33. The number of nitrogens with one attached hydrogen (secondary N) is 1. The Morgan fingerprint density at radius 3 is 2.36 bits per heavy atom. The van der Waals surface area contributed by atoms with E-state index >= 15 is 0 Å². The summed E-state index contributed by atoms with van der Waals surface area (Å²) < 4.78 is 53.8. The molecule has 0 radical (unpaired) electrons. The van der Waals surface area contributed by atoms with Gasteiger partial charge in [-0.05, 0) is 74.6 Å². The van der Waals surface area contributed by atoms with Gasteiger partial charge in [-0.1, -0.05) is 43.4 Å². The highest BCUT2D eigenvalue weighted by Crippen LogP contribution is 2.43. The molecule has 0 aliphatic carbocycles. The van der Waals surface area contributed by atoms with Crippen molar-refractivity contribution in [1.82, 2.24) is 14.9 Å². The van der Waals surface area contributed by atoms with E-state index in [2.05, 4.69) is 34.0 Å². The smallest absolute Gasteiger partial charge is 0.434 e. The van der Waals surface area contributed by atoms with Crippen molar-refractivity contribution in [3.8, 4) is 27.8 Å². The molecule has 2 aromatic carbocycles. The van der Waals surface area contributed by atoms with Crippen molar-refractivity contribution in [2.24, 2.45) is 5.41 Å². The minimum atomic E-state index is -4.63. The zero-order chi connectivity index (χ0) is 28.2. The summed E-state index contributed by atoms with van der Waals surface area (Å²) >= 11 is 0.911. The minimum absolute atomic E-state index is 0.00903. The average molecular weight is 557 g/mol. The number of halogens is 3. The van der Waals surface area contributed by atoms with E-state index < -0.39 is 11.9 Å². The van der Waals surface area contributed by atoms with Crippen LogP contribution in [0.2, 0.25) is 0 Å². The SMILES string of the molecule is Cc1ccccc1Oc1ncccc1Nc1nc(C(F)(F)F)c(-c2ccc(OCC(C)(C)CN(C)C)cc2)s1. The standard InChI is InChI=1S/C29H31F3N4O2S/c1-19-9-6-7-11-23(19)38-26-22(10-8-16-33-26)34-27-35-25(29(30,31)32)24(39-27)20-12-14-21(15-13-20)37-18-28(2,3)17-36(4)5/h6-16H,17-18H2,1-5H3,(H,34,35). The van der Waals surface area contributed by atoms with Gasteiger partial charge < -0.3 is 19.7 Å². The molecule has 0 fully saturated rings. The van der Waals surface area contributed by atoms with E-state index in [0.717, 1.165) is 23.4 Å². The van der Waals surface area contributed by atoms with Crippen LogP contribution in [0.4, 0.5) is 24.0 Å². The van der Waals surface area contributed by atoms with Crippen LogP contribution < -0.4 is 14.8 Å². The molecule has 4 rings (SSSR count). The lowest BCUT2D eigenvalue weighted by atomic mass is 9.94. The van der Waals surface area contributed by atoms with Crippen molar-refractivity contribution < 1.29 is 22.6 Å². The van der Waals surface area contributed by atoms with Gasteiger partial charge in [-0.2, -0.15) is 13.2 Å². The van der Waals surface area contributed by atoms with E-state index in [9.17, 15) is 13.2 Å². The molecule has 0 atom stereocenters. The Hall–Kier alpha value is -3.63. The molecule has 0 unspecified atom stereocenters. The number of alkyl halides is 3. The minimum Gasteiger partial charge on any atom is -0.493 e. The van der Waals surface area contributed by atoms with Gasteiger partial charge in [0.1, 0.15) is 17.2 Å². The number of rotatable bonds is 10. The van der Waals surface area contributed by atoms with Gasteiger partial charge in [0, 0.05) is 18.2 Å². The van der Waals surface area contributed by atoms with E-state index in [1.807, 2.05) is 39.2 Å². The van der Waals surface area contributed by atoms with Crippen LogP contribution in [0, 0.1) is 12.3 Å². The lowest BCUT2D eigenvalue weighted by Gasteiger charge is -2.28. The summed E-state index contributed by atoms with van der Waals surface area (Å²) in [5.41, 5.74) is 0.659. The van der Waals surface area contributed by atoms with Gasteiger partial charge in [0.2, 0.25) is 5.88 Å². The number of benzene rings is 2. The van der Waals surface area contributed by atoms with Crippen LogP contribution in [0.3, 0.4) is 0 Å². The number of ether oxygens (including phenoxy) is 2. The highest BCUT2D eigenvalue weighted by molar-refractivity contribution is 7.19. The average Bonchev–Trinajstić information content (AvgIpc) is 3.29. The number of para-hydroxylation sites is 1. The molecule has 0 bridgehead atoms. The van der Waals surface area contributed by atoms with E-state index in [1.54, 1.807) is 48.7 Å². The number of aryl methyl sites for hydroxylation is 1. The molecule has 39 heavy (non-hydrogen) atoms. The van der Waals surface area contributed by atoms with Gasteiger partial charge in [-0.25, -0.2) is 9.97 Å². The number of pyridine rings is 1. The Morgan fingerprint density at radius 2 is 1.69 bits per heavy atom. The summed E-state index contributed by atoms with van der Waals surface area (Å²) in [6.07, 6.45) is -3.08. The predicted octanol–water partition coefficient (Wildman–Crippen LogP) is 8.03. The first-order chi connectivity index (χ1) is 18.4. The van der Waals surface area contributed by atoms with Crippen LogP contribution >= 0.6 is 11.3 Å². The molecular weight excluding hydrogens is 525 g/mol. The molecule has 0 amide bonds. The number of anilines is 2. The second kappa shape index (κ2) is 11.6. The van der Waals surface area contributed by atoms with Crippen molar-refractivity contribution in [2.45, 2.75) is 26.9 Å². The third-order valence-electron chi connectivity index (χ3n) is 5.70. The van der Waals surface area contributed by atoms with Crippen LogP contribution in [0.1, 0.15) is 25.1 Å². The van der Waals surface area contributed by atoms with Gasteiger partial charge in [-0.15, -0.1) is 0 Å². The topological polar surface area (TPSA) is 59.5 Å². The van der Waals surface area contributed by atoms with E-state index in [1.165, 1.54) is 0 Å². The summed E-state index contributed by atoms with van der Waals surface area (Å²) in [6, 6.07) is 17.4. The Kier molecular flexibility index (Phi) is 8.46. The molecular formula is C29H31F3N4O2S. The summed E-state index contributed by atoms with van der Waals surface area (Å²) in [5, 5.41) is 3.04. The number of thiazole rings is 1. The highest BCUT2D eigenvalue weighted by Gasteiger charge is 2.38. The quantitative estimate of drug-likeness (QED) is 0.213. The molecule has 2 aromatic heterocycles. The summed E-state index contributed by atoms with van der Waals surface area (Å²) in [5.74, 6) is 1.42. The number of aromatic nitrogens is 2. The predicted molar refractivity (Wildman–Crippen MR) is 149 cm³/mol. The van der Waals surface area contributed by atoms with Crippen molar-refractivity contribution in [3.63, 3.8) is 0 Å². The second-order valence-electron chi connectivity index (χ2n) is 10.3. The van der Waals surface area contributed by atoms with Crippen LogP contribution in [-0.2, 0) is 6.18 Å².